The van der Waals surface area contributed by atoms with Gasteiger partial charge in [-0.3, -0.25) is 19.8 Å². The zero-order valence-electron chi connectivity index (χ0n) is 12.5. The van der Waals surface area contributed by atoms with Crippen molar-refractivity contribution in [2.45, 2.75) is 13.3 Å². The summed E-state index contributed by atoms with van der Waals surface area (Å²) < 4.78 is 0. The molecule has 22 heavy (non-hydrogen) atoms. The molecule has 2 rings (SSSR count). The molecule has 7 heteroatoms. The third-order valence-corrected chi connectivity index (χ3v) is 3.77. The zero-order valence-corrected chi connectivity index (χ0v) is 12.5. The van der Waals surface area contributed by atoms with Gasteiger partial charge in [-0.1, -0.05) is 18.2 Å². The van der Waals surface area contributed by atoms with E-state index in [0.717, 1.165) is 5.56 Å². The molecule has 1 aromatic rings. The maximum absolute atomic E-state index is 12.5. The Labute approximate surface area is 129 Å². The second-order valence-electron chi connectivity index (χ2n) is 5.23. The first-order valence-electron chi connectivity index (χ1n) is 7.15. The molecule has 3 amide bonds. The van der Waals surface area contributed by atoms with Crippen molar-refractivity contribution in [1.82, 2.24) is 15.2 Å². The van der Waals surface area contributed by atoms with Gasteiger partial charge in [0.15, 0.2) is 0 Å². The molecule has 0 radical (unpaired) electrons. The second kappa shape index (κ2) is 7.04. The molecule has 0 bridgehead atoms. The maximum Gasteiger partial charge on any atom is 0.254 e. The van der Waals surface area contributed by atoms with Crippen molar-refractivity contribution < 1.29 is 14.4 Å². The summed E-state index contributed by atoms with van der Waals surface area (Å²) in [6.07, 6.45) is -0.262. The standard InChI is InChI=1S/C15H20N4O3/c1-11-4-2-3-5-12(11)15(22)19-8-6-18(7-9-19)14(21)10-13(20)17-16/h2-5H,6-10,16H2,1H3,(H,17,20). The number of amides is 3. The SMILES string of the molecule is Cc1ccccc1C(=O)N1CCN(C(=O)CC(=O)NN)CC1. The van der Waals surface area contributed by atoms with Crippen LogP contribution in [0.25, 0.3) is 0 Å². The van der Waals surface area contributed by atoms with Gasteiger partial charge in [0.2, 0.25) is 11.8 Å². The minimum atomic E-state index is -0.511. The van der Waals surface area contributed by atoms with Crippen molar-refractivity contribution in [1.29, 1.82) is 0 Å². The number of carbonyl (C=O) groups is 3. The molecule has 1 aliphatic heterocycles. The highest BCUT2D eigenvalue weighted by Crippen LogP contribution is 2.13. The molecule has 1 heterocycles. The molecule has 118 valence electrons. The van der Waals surface area contributed by atoms with Crippen molar-refractivity contribution in [2.24, 2.45) is 5.84 Å². The third kappa shape index (κ3) is 3.62. The second-order valence-corrected chi connectivity index (χ2v) is 5.23. The predicted molar refractivity (Wildman–Crippen MR) is 80.6 cm³/mol. The van der Waals surface area contributed by atoms with Gasteiger partial charge >= 0.3 is 0 Å². The van der Waals surface area contributed by atoms with Gasteiger partial charge in [-0.05, 0) is 18.6 Å². The van der Waals surface area contributed by atoms with Crippen LogP contribution in [0.4, 0.5) is 0 Å². The zero-order chi connectivity index (χ0) is 16.1. The first-order chi connectivity index (χ1) is 10.5. The normalized spacial score (nSPS) is 14.6. The number of nitrogens with one attached hydrogen (secondary N) is 1. The summed E-state index contributed by atoms with van der Waals surface area (Å²) in [5.41, 5.74) is 3.56. The van der Waals surface area contributed by atoms with Gasteiger partial charge in [0, 0.05) is 31.7 Å². The highest BCUT2D eigenvalue weighted by molar-refractivity contribution is 5.97. The summed E-state index contributed by atoms with van der Waals surface area (Å²) >= 11 is 0. The Morgan fingerprint density at radius 2 is 1.68 bits per heavy atom. The quantitative estimate of drug-likeness (QED) is 0.345. The maximum atomic E-state index is 12.5. The largest absolute Gasteiger partial charge is 0.339 e. The number of hydrogen-bond acceptors (Lipinski definition) is 4. The third-order valence-electron chi connectivity index (χ3n) is 3.77. The lowest BCUT2D eigenvalue weighted by molar-refractivity contribution is -0.137. The van der Waals surface area contributed by atoms with Gasteiger partial charge < -0.3 is 9.80 Å². The highest BCUT2D eigenvalue weighted by Gasteiger charge is 2.26. The van der Waals surface area contributed by atoms with E-state index in [0.29, 0.717) is 31.7 Å². The molecule has 0 saturated carbocycles. The fourth-order valence-corrected chi connectivity index (χ4v) is 2.44. The number of hydrogen-bond donors (Lipinski definition) is 2. The lowest BCUT2D eigenvalue weighted by Gasteiger charge is -2.35. The molecule has 3 N–H and O–H groups in total. The molecule has 0 spiro atoms. The van der Waals surface area contributed by atoms with E-state index in [9.17, 15) is 14.4 Å². The number of nitrogens with zero attached hydrogens (tertiary/aromatic N) is 2. The number of aryl methyl sites for hydroxylation is 1. The Kier molecular flexibility index (Phi) is 5.11. The first-order valence-corrected chi connectivity index (χ1v) is 7.15. The van der Waals surface area contributed by atoms with Crippen molar-refractivity contribution in [3.63, 3.8) is 0 Å². The van der Waals surface area contributed by atoms with E-state index >= 15 is 0 Å². The average molecular weight is 304 g/mol. The summed E-state index contributed by atoms with van der Waals surface area (Å²) in [4.78, 5) is 38.8. The smallest absolute Gasteiger partial charge is 0.254 e. The highest BCUT2D eigenvalue weighted by atomic mass is 16.2. The van der Waals surface area contributed by atoms with E-state index < -0.39 is 5.91 Å². The van der Waals surface area contributed by atoms with Gasteiger partial charge in [0.1, 0.15) is 6.42 Å². The van der Waals surface area contributed by atoms with E-state index in [1.807, 2.05) is 30.5 Å². The minimum absolute atomic E-state index is 0.0232. The molecule has 0 aromatic heterocycles. The fraction of sp³-hybridized carbons (Fsp3) is 0.400. The topological polar surface area (TPSA) is 95.7 Å². The van der Waals surface area contributed by atoms with Gasteiger partial charge in [-0.15, -0.1) is 0 Å². The van der Waals surface area contributed by atoms with Crippen LogP contribution in [0.1, 0.15) is 22.3 Å². The van der Waals surface area contributed by atoms with E-state index in [2.05, 4.69) is 0 Å². The Hall–Kier alpha value is -2.41. The van der Waals surface area contributed by atoms with Crippen LogP contribution in [-0.4, -0.2) is 53.7 Å². The van der Waals surface area contributed by atoms with Crippen molar-refractivity contribution in [3.8, 4) is 0 Å². The summed E-state index contributed by atoms with van der Waals surface area (Å²) in [6, 6.07) is 7.44. The number of rotatable bonds is 3. The van der Waals surface area contributed by atoms with Crippen molar-refractivity contribution >= 4 is 17.7 Å². The van der Waals surface area contributed by atoms with Gasteiger partial charge in [0.05, 0.1) is 0 Å². The van der Waals surface area contributed by atoms with Crippen LogP contribution in [-0.2, 0) is 9.59 Å². The molecule has 1 fully saturated rings. The number of piperazine rings is 1. The fourth-order valence-electron chi connectivity index (χ4n) is 2.44. The van der Waals surface area contributed by atoms with Crippen LogP contribution in [0, 0.1) is 6.92 Å². The van der Waals surface area contributed by atoms with Crippen molar-refractivity contribution in [2.75, 3.05) is 26.2 Å². The Morgan fingerprint density at radius 3 is 2.27 bits per heavy atom. The first kappa shape index (κ1) is 16.0. The van der Waals surface area contributed by atoms with E-state index in [1.54, 1.807) is 15.9 Å². The number of hydrazine groups is 1. The molecule has 0 aliphatic carbocycles. The van der Waals surface area contributed by atoms with Crippen LogP contribution < -0.4 is 11.3 Å². The van der Waals surface area contributed by atoms with Crippen LogP contribution >= 0.6 is 0 Å². The minimum Gasteiger partial charge on any atom is -0.339 e. The number of carbonyl (C=O) groups excluding carboxylic acids is 3. The molecule has 1 aromatic carbocycles. The van der Waals surface area contributed by atoms with Gasteiger partial charge in [-0.2, -0.15) is 0 Å². The van der Waals surface area contributed by atoms with Crippen LogP contribution in [0.2, 0.25) is 0 Å². The Balaban J connectivity index is 1.92. The predicted octanol–water partition coefficient (Wildman–Crippen LogP) is -0.341. The van der Waals surface area contributed by atoms with E-state index in [1.165, 1.54) is 0 Å². The van der Waals surface area contributed by atoms with Gasteiger partial charge in [0.25, 0.3) is 5.91 Å². The lowest BCUT2D eigenvalue weighted by Crippen LogP contribution is -2.51. The van der Waals surface area contributed by atoms with Crippen LogP contribution in [0.15, 0.2) is 24.3 Å². The number of nitrogens with two attached hydrogens (primary N) is 1. The summed E-state index contributed by atoms with van der Waals surface area (Å²) in [6.45, 7) is 3.67. The molecule has 0 unspecified atom stereocenters. The Bertz CT molecular complexity index is 580. The summed E-state index contributed by atoms with van der Waals surface area (Å²) in [5, 5.41) is 0. The molecular formula is C15H20N4O3. The van der Waals surface area contributed by atoms with Crippen LogP contribution in [0.3, 0.4) is 0 Å². The van der Waals surface area contributed by atoms with E-state index in [-0.39, 0.29) is 18.2 Å². The summed E-state index contributed by atoms with van der Waals surface area (Å²) in [5.74, 6) is 4.16. The van der Waals surface area contributed by atoms with Crippen LogP contribution in [0.5, 0.6) is 0 Å². The average Bonchev–Trinajstić information content (AvgIpc) is 2.54. The molecule has 7 nitrogen and oxygen atoms in total. The lowest BCUT2D eigenvalue weighted by atomic mass is 10.1. The molecule has 1 aliphatic rings. The van der Waals surface area contributed by atoms with Gasteiger partial charge in [-0.25, -0.2) is 5.84 Å². The number of benzene rings is 1. The van der Waals surface area contributed by atoms with Crippen molar-refractivity contribution in [3.05, 3.63) is 35.4 Å². The molecule has 0 atom stereocenters. The molecular weight excluding hydrogens is 284 g/mol. The van der Waals surface area contributed by atoms with E-state index in [4.69, 9.17) is 5.84 Å². The molecule has 1 saturated heterocycles. The monoisotopic (exact) mass is 304 g/mol. The Morgan fingerprint density at radius 1 is 1.09 bits per heavy atom. The summed E-state index contributed by atoms with van der Waals surface area (Å²) in [7, 11) is 0.